The first-order chi connectivity index (χ1) is 19.8. The summed E-state index contributed by atoms with van der Waals surface area (Å²) in [6.07, 6.45) is -1.38. The highest BCUT2D eigenvalue weighted by atomic mass is 19.3. The zero-order chi connectivity index (χ0) is 28.5. The summed E-state index contributed by atoms with van der Waals surface area (Å²) in [6.45, 7) is 5.72. The molecule has 2 fully saturated rings. The first-order valence-electron chi connectivity index (χ1n) is 13.6. The van der Waals surface area contributed by atoms with E-state index in [1.807, 2.05) is 48.2 Å². The third kappa shape index (κ3) is 5.79. The number of hydrogen-bond donors (Lipinski definition) is 3. The molecule has 212 valence electrons. The van der Waals surface area contributed by atoms with Crippen LogP contribution in [0.1, 0.15) is 17.7 Å². The summed E-state index contributed by atoms with van der Waals surface area (Å²) in [7, 11) is 0. The van der Waals surface area contributed by atoms with Gasteiger partial charge in [-0.3, -0.25) is 4.98 Å². The second-order valence-electron chi connectivity index (χ2n) is 10.4. The number of aliphatic hydroxyl groups is 1. The number of morpholine rings is 1. The Morgan fingerprint density at radius 3 is 2.29 bits per heavy atom. The molecule has 2 aromatic carbocycles. The Kier molecular flexibility index (Phi) is 7.42. The third-order valence-corrected chi connectivity index (χ3v) is 7.53. The van der Waals surface area contributed by atoms with E-state index in [4.69, 9.17) is 15.5 Å². The van der Waals surface area contributed by atoms with Crippen molar-refractivity contribution in [2.45, 2.75) is 19.5 Å². The molecule has 4 aromatic rings. The van der Waals surface area contributed by atoms with Crippen LogP contribution in [-0.4, -0.2) is 60.6 Å². The molecule has 10 heteroatoms. The number of β-amino-alcohol motifs (C(OH)–C–C–N with tert-alkyl or cyclic N) is 1. The second-order valence-corrected chi connectivity index (χ2v) is 10.4. The molecule has 2 aliphatic heterocycles. The van der Waals surface area contributed by atoms with Crippen LogP contribution in [0.3, 0.4) is 0 Å². The number of nitrogens with zero attached hydrogens (tertiary/aromatic N) is 4. The molecule has 2 aliphatic rings. The fourth-order valence-corrected chi connectivity index (χ4v) is 5.18. The number of ether oxygens (including phenoxy) is 1. The number of pyridine rings is 2. The molecule has 4 N–H and O–H groups in total. The number of benzene rings is 2. The maximum absolute atomic E-state index is 14.2. The maximum Gasteiger partial charge on any atom is 0.265 e. The quantitative estimate of drug-likeness (QED) is 0.259. The summed E-state index contributed by atoms with van der Waals surface area (Å²) in [5.74, 6) is 1.61. The van der Waals surface area contributed by atoms with Gasteiger partial charge in [0.05, 0.1) is 31.2 Å². The minimum Gasteiger partial charge on any atom is -0.399 e. The minimum atomic E-state index is -2.67. The summed E-state index contributed by atoms with van der Waals surface area (Å²) < 4.78 is 33.9. The standard InChI is InChI=1S/C31H32F2N6O2/c1-19-26(22-13-29(38-8-10-41-11-9-38)37-30(14-22)39-17-25(40)18-39)15-24(16-35-19)36-28-7-4-21(12-27(28)31(32)33)20-2-5-23(34)6-3-20/h2-7,12-16,25,31,36,40H,8-11,17-18,34H2,1H3. The number of hydrogen-bond acceptors (Lipinski definition) is 8. The lowest BCUT2D eigenvalue weighted by Gasteiger charge is -2.38. The first-order valence-corrected chi connectivity index (χ1v) is 13.6. The van der Waals surface area contributed by atoms with E-state index in [2.05, 4.69) is 15.2 Å². The second kappa shape index (κ2) is 11.3. The molecule has 41 heavy (non-hydrogen) atoms. The minimum absolute atomic E-state index is 0.0985. The van der Waals surface area contributed by atoms with Gasteiger partial charge in [0.25, 0.3) is 6.43 Å². The van der Waals surface area contributed by atoms with Crippen LogP contribution in [0.2, 0.25) is 0 Å². The predicted octanol–water partition coefficient (Wildman–Crippen LogP) is 5.40. The molecule has 6 rings (SSSR count). The molecule has 0 aliphatic carbocycles. The summed E-state index contributed by atoms with van der Waals surface area (Å²) >= 11 is 0. The van der Waals surface area contributed by atoms with Crippen molar-refractivity contribution in [1.29, 1.82) is 0 Å². The number of halogens is 2. The lowest BCUT2D eigenvalue weighted by atomic mass is 10.0. The molecule has 0 unspecified atom stereocenters. The number of aromatic nitrogens is 2. The van der Waals surface area contributed by atoms with Gasteiger partial charge in [0.2, 0.25) is 0 Å². The predicted molar refractivity (Wildman–Crippen MR) is 158 cm³/mol. The number of nitrogens with one attached hydrogen (secondary N) is 1. The van der Waals surface area contributed by atoms with Crippen LogP contribution in [0.25, 0.3) is 22.3 Å². The molecular weight excluding hydrogens is 526 g/mol. The van der Waals surface area contributed by atoms with Gasteiger partial charge in [-0.15, -0.1) is 0 Å². The molecule has 2 aromatic heterocycles. The highest BCUT2D eigenvalue weighted by Crippen LogP contribution is 2.36. The normalized spacial score (nSPS) is 15.7. The van der Waals surface area contributed by atoms with Crippen LogP contribution in [0.4, 0.5) is 37.5 Å². The smallest absolute Gasteiger partial charge is 0.265 e. The lowest BCUT2D eigenvalue weighted by Crippen LogP contribution is -2.51. The van der Waals surface area contributed by atoms with Gasteiger partial charge in [-0.1, -0.05) is 18.2 Å². The van der Waals surface area contributed by atoms with Crippen molar-refractivity contribution >= 4 is 28.7 Å². The molecule has 8 nitrogen and oxygen atoms in total. The fourth-order valence-electron chi connectivity index (χ4n) is 5.18. The van der Waals surface area contributed by atoms with Crippen molar-refractivity contribution < 1.29 is 18.6 Å². The van der Waals surface area contributed by atoms with Crippen molar-refractivity contribution in [2.75, 3.05) is 60.2 Å². The topological polar surface area (TPSA) is 99.8 Å². The maximum atomic E-state index is 14.2. The molecule has 0 bridgehead atoms. The molecule has 0 saturated carbocycles. The summed E-state index contributed by atoms with van der Waals surface area (Å²) in [5.41, 5.74) is 11.3. The van der Waals surface area contributed by atoms with Gasteiger partial charge in [-0.2, -0.15) is 0 Å². The largest absolute Gasteiger partial charge is 0.399 e. The van der Waals surface area contributed by atoms with Gasteiger partial charge in [0.15, 0.2) is 0 Å². The number of alkyl halides is 2. The SMILES string of the molecule is Cc1ncc(Nc2ccc(-c3ccc(N)cc3)cc2C(F)F)cc1-c1cc(N2CCOCC2)nc(N2CC(O)C2)c1. The average Bonchev–Trinajstić information content (AvgIpc) is 2.97. The van der Waals surface area contributed by atoms with Crippen molar-refractivity contribution in [2.24, 2.45) is 0 Å². The number of rotatable bonds is 7. The molecule has 0 radical (unpaired) electrons. The molecule has 0 atom stereocenters. The van der Waals surface area contributed by atoms with Gasteiger partial charge < -0.3 is 30.7 Å². The average molecular weight is 559 g/mol. The van der Waals surface area contributed by atoms with E-state index in [-0.39, 0.29) is 11.7 Å². The third-order valence-electron chi connectivity index (χ3n) is 7.53. The number of nitrogens with two attached hydrogens (primary N) is 1. The number of nitrogen functional groups attached to an aromatic ring is 1. The highest BCUT2D eigenvalue weighted by molar-refractivity contribution is 5.78. The van der Waals surface area contributed by atoms with Gasteiger partial charge in [-0.25, -0.2) is 13.8 Å². The van der Waals surface area contributed by atoms with Crippen molar-refractivity contribution in [3.8, 4) is 22.3 Å². The molecular formula is C31H32F2N6O2. The van der Waals surface area contributed by atoms with Crippen molar-refractivity contribution in [3.63, 3.8) is 0 Å². The van der Waals surface area contributed by atoms with E-state index >= 15 is 0 Å². The summed E-state index contributed by atoms with van der Waals surface area (Å²) in [4.78, 5) is 13.7. The van der Waals surface area contributed by atoms with Gasteiger partial charge in [0, 0.05) is 54.4 Å². The van der Waals surface area contributed by atoms with E-state index in [0.717, 1.165) is 47.1 Å². The number of anilines is 5. The van der Waals surface area contributed by atoms with Crippen LogP contribution < -0.4 is 20.9 Å². The van der Waals surface area contributed by atoms with Crippen LogP contribution in [0.5, 0.6) is 0 Å². The van der Waals surface area contributed by atoms with E-state index in [0.29, 0.717) is 48.9 Å². The fraction of sp³-hybridized carbons (Fsp3) is 0.290. The van der Waals surface area contributed by atoms with Crippen LogP contribution in [0, 0.1) is 6.92 Å². The Labute approximate surface area is 237 Å². The van der Waals surface area contributed by atoms with Gasteiger partial charge in [-0.05, 0) is 66.1 Å². The van der Waals surface area contributed by atoms with Crippen LogP contribution >= 0.6 is 0 Å². The van der Waals surface area contributed by atoms with Gasteiger partial charge in [0.1, 0.15) is 11.6 Å². The van der Waals surface area contributed by atoms with E-state index in [1.54, 1.807) is 24.4 Å². The van der Waals surface area contributed by atoms with E-state index in [9.17, 15) is 13.9 Å². The number of aryl methyl sites for hydroxylation is 1. The highest BCUT2D eigenvalue weighted by Gasteiger charge is 2.27. The van der Waals surface area contributed by atoms with Crippen molar-refractivity contribution in [3.05, 3.63) is 78.1 Å². The monoisotopic (exact) mass is 558 g/mol. The number of aliphatic hydroxyl groups excluding tert-OH is 1. The van der Waals surface area contributed by atoms with E-state index in [1.165, 1.54) is 6.07 Å². The Morgan fingerprint density at radius 2 is 1.61 bits per heavy atom. The van der Waals surface area contributed by atoms with Gasteiger partial charge >= 0.3 is 0 Å². The lowest BCUT2D eigenvalue weighted by molar-refractivity contribution is 0.122. The Balaban J connectivity index is 1.34. The van der Waals surface area contributed by atoms with E-state index < -0.39 is 6.43 Å². The molecule has 0 amide bonds. The Bertz CT molecular complexity index is 1540. The first kappa shape index (κ1) is 26.9. The van der Waals surface area contributed by atoms with Crippen LogP contribution in [0.15, 0.2) is 66.9 Å². The Morgan fingerprint density at radius 1 is 0.927 bits per heavy atom. The molecule has 4 heterocycles. The molecule has 2 saturated heterocycles. The summed E-state index contributed by atoms with van der Waals surface area (Å²) in [5, 5.41) is 13.1. The Hall–Kier alpha value is -4.28. The van der Waals surface area contributed by atoms with Crippen molar-refractivity contribution in [1.82, 2.24) is 9.97 Å². The summed E-state index contributed by atoms with van der Waals surface area (Å²) in [6, 6.07) is 18.1. The molecule has 0 spiro atoms. The zero-order valence-corrected chi connectivity index (χ0v) is 22.7. The van der Waals surface area contributed by atoms with Crippen LogP contribution in [-0.2, 0) is 4.74 Å². The zero-order valence-electron chi connectivity index (χ0n) is 22.7.